The van der Waals surface area contributed by atoms with Gasteiger partial charge in [0.05, 0.1) is 6.54 Å². The van der Waals surface area contributed by atoms with Crippen LogP contribution in [0.3, 0.4) is 0 Å². The molecule has 11 heteroatoms. The Bertz CT molecular complexity index is 1060. The summed E-state index contributed by atoms with van der Waals surface area (Å²) in [6, 6.07) is 6.68. The van der Waals surface area contributed by atoms with Crippen LogP contribution < -0.4 is 4.74 Å². The van der Waals surface area contributed by atoms with Crippen LogP contribution in [0.4, 0.5) is 4.39 Å². The predicted octanol–water partition coefficient (Wildman–Crippen LogP) is 3.77. The summed E-state index contributed by atoms with van der Waals surface area (Å²) in [5, 5.41) is 8.36. The lowest BCUT2D eigenvalue weighted by atomic mass is 10.2. The molecule has 4 rings (SSSR count). The van der Waals surface area contributed by atoms with Gasteiger partial charge in [0, 0.05) is 16.6 Å². The van der Waals surface area contributed by atoms with Crippen molar-refractivity contribution in [1.82, 2.24) is 29.9 Å². The van der Waals surface area contributed by atoms with Gasteiger partial charge in [-0.3, -0.25) is 0 Å². The van der Waals surface area contributed by atoms with Crippen molar-refractivity contribution in [2.75, 3.05) is 6.86 Å². The molecule has 8 nitrogen and oxygen atoms in total. The minimum Gasteiger partial charge on any atom is -0.463 e. The zero-order valence-electron chi connectivity index (χ0n) is 14.0. The molecule has 0 amide bonds. The number of benzene rings is 1. The van der Waals surface area contributed by atoms with Gasteiger partial charge in [-0.15, -0.1) is 16.4 Å². The normalized spacial score (nSPS) is 11.1. The summed E-state index contributed by atoms with van der Waals surface area (Å²) in [4.78, 5) is 13.7. The number of thiazole rings is 1. The molecule has 0 aliphatic carbocycles. The first-order valence-electron chi connectivity index (χ1n) is 7.77. The summed E-state index contributed by atoms with van der Waals surface area (Å²) in [5.41, 5.74) is 0.701. The summed E-state index contributed by atoms with van der Waals surface area (Å²) in [5.74, 6) is 2.03. The third kappa shape index (κ3) is 3.81. The first kappa shape index (κ1) is 17.6. The maximum absolute atomic E-state index is 12.2. The SMILES string of the molecule is Cc1nc(-c2nc(-c3ccc(OCF)cc3)no2)nn1Cc1cnc(Cl)s1. The summed E-state index contributed by atoms with van der Waals surface area (Å²) in [6.07, 6.45) is 1.70. The lowest BCUT2D eigenvalue weighted by molar-refractivity contribution is 0.192. The molecule has 0 atom stereocenters. The summed E-state index contributed by atoms with van der Waals surface area (Å²) < 4.78 is 24.4. The van der Waals surface area contributed by atoms with Crippen LogP contribution >= 0.6 is 22.9 Å². The van der Waals surface area contributed by atoms with E-state index in [9.17, 15) is 4.39 Å². The topological polar surface area (TPSA) is 91.8 Å². The fourth-order valence-corrected chi connectivity index (χ4v) is 3.32. The highest BCUT2D eigenvalue weighted by molar-refractivity contribution is 7.15. The van der Waals surface area contributed by atoms with Gasteiger partial charge < -0.3 is 9.26 Å². The number of halogens is 2. The number of rotatable bonds is 6. The highest BCUT2D eigenvalue weighted by atomic mass is 35.5. The van der Waals surface area contributed by atoms with E-state index < -0.39 is 6.86 Å². The molecule has 0 spiro atoms. The molecule has 3 aromatic heterocycles. The smallest absolute Gasteiger partial charge is 0.297 e. The molecule has 3 heterocycles. The summed E-state index contributed by atoms with van der Waals surface area (Å²) in [6.45, 7) is 1.45. The molecular weight excluding hydrogens is 395 g/mol. The fourth-order valence-electron chi connectivity index (χ4n) is 2.36. The Morgan fingerprint density at radius 3 is 2.74 bits per heavy atom. The van der Waals surface area contributed by atoms with E-state index in [2.05, 4.69) is 25.2 Å². The van der Waals surface area contributed by atoms with Crippen molar-refractivity contribution in [3.05, 3.63) is 45.6 Å². The second kappa shape index (κ2) is 7.41. The third-order valence-electron chi connectivity index (χ3n) is 3.64. The quantitative estimate of drug-likeness (QED) is 0.481. The van der Waals surface area contributed by atoms with Gasteiger partial charge in [-0.2, -0.15) is 4.98 Å². The standard InChI is InChI=1S/C16H12ClFN6O2S/c1-9-20-14(22-24(9)7-12-6-19-16(17)27-12)15-21-13(23-26-15)10-2-4-11(5-3-10)25-8-18/h2-6H,7-8H2,1H3. The van der Waals surface area contributed by atoms with Crippen LogP contribution in [0.2, 0.25) is 4.47 Å². The minimum atomic E-state index is -0.882. The maximum Gasteiger partial charge on any atom is 0.297 e. The zero-order chi connectivity index (χ0) is 18.8. The van der Waals surface area contributed by atoms with Crippen LogP contribution in [0.1, 0.15) is 10.7 Å². The molecule has 0 saturated carbocycles. The lowest BCUT2D eigenvalue weighted by Gasteiger charge is -2.00. The predicted molar refractivity (Wildman–Crippen MR) is 96.3 cm³/mol. The zero-order valence-corrected chi connectivity index (χ0v) is 15.5. The van der Waals surface area contributed by atoms with E-state index in [-0.39, 0.29) is 5.89 Å². The molecule has 138 valence electrons. The Hall–Kier alpha value is -2.85. The number of hydrogen-bond acceptors (Lipinski definition) is 8. The highest BCUT2D eigenvalue weighted by Crippen LogP contribution is 2.23. The number of hydrogen-bond donors (Lipinski definition) is 0. The van der Waals surface area contributed by atoms with Crippen LogP contribution in [0, 0.1) is 6.92 Å². The monoisotopic (exact) mass is 406 g/mol. The first-order chi connectivity index (χ1) is 13.1. The number of aromatic nitrogens is 6. The van der Waals surface area contributed by atoms with E-state index in [1.165, 1.54) is 11.3 Å². The largest absolute Gasteiger partial charge is 0.463 e. The fraction of sp³-hybridized carbons (Fsp3) is 0.188. The van der Waals surface area contributed by atoms with E-state index in [0.29, 0.717) is 39.8 Å². The molecule has 0 saturated heterocycles. The molecule has 0 bridgehead atoms. The van der Waals surface area contributed by atoms with E-state index >= 15 is 0 Å². The van der Waals surface area contributed by atoms with E-state index in [4.69, 9.17) is 20.9 Å². The van der Waals surface area contributed by atoms with Gasteiger partial charge in [0.1, 0.15) is 11.6 Å². The third-order valence-corrected chi connectivity index (χ3v) is 4.74. The average molecular weight is 407 g/mol. The molecule has 0 N–H and O–H groups in total. The number of alkyl halides is 1. The molecule has 0 fully saturated rings. The van der Waals surface area contributed by atoms with Crippen molar-refractivity contribution in [2.45, 2.75) is 13.5 Å². The summed E-state index contributed by atoms with van der Waals surface area (Å²) >= 11 is 7.24. The molecule has 0 aliphatic heterocycles. The minimum absolute atomic E-state index is 0.207. The summed E-state index contributed by atoms with van der Waals surface area (Å²) in [7, 11) is 0. The second-order valence-electron chi connectivity index (χ2n) is 5.42. The Morgan fingerprint density at radius 1 is 1.22 bits per heavy atom. The molecule has 27 heavy (non-hydrogen) atoms. The molecule has 4 aromatic rings. The van der Waals surface area contributed by atoms with Crippen molar-refractivity contribution in [3.63, 3.8) is 0 Å². The molecule has 0 aliphatic rings. The van der Waals surface area contributed by atoms with E-state index in [0.717, 1.165) is 4.88 Å². The van der Waals surface area contributed by atoms with Crippen LogP contribution in [0.15, 0.2) is 35.0 Å². The van der Waals surface area contributed by atoms with Crippen molar-refractivity contribution >= 4 is 22.9 Å². The molecule has 0 unspecified atom stereocenters. The second-order valence-corrected chi connectivity index (χ2v) is 7.12. The molecule has 0 radical (unpaired) electrons. The number of aryl methyl sites for hydroxylation is 1. The maximum atomic E-state index is 12.2. The Kier molecular flexibility index (Phi) is 4.82. The van der Waals surface area contributed by atoms with Crippen molar-refractivity contribution in [3.8, 4) is 28.9 Å². The van der Waals surface area contributed by atoms with Gasteiger partial charge in [-0.1, -0.05) is 16.8 Å². The lowest BCUT2D eigenvalue weighted by Crippen LogP contribution is -2.02. The molecule has 1 aromatic carbocycles. The Balaban J connectivity index is 1.55. The highest BCUT2D eigenvalue weighted by Gasteiger charge is 2.17. The molecular formula is C16H12ClFN6O2S. The van der Waals surface area contributed by atoms with Crippen LogP contribution in [-0.4, -0.2) is 36.7 Å². The Labute approximate surface area is 161 Å². The van der Waals surface area contributed by atoms with Crippen molar-refractivity contribution in [2.24, 2.45) is 0 Å². The van der Waals surface area contributed by atoms with Gasteiger partial charge in [0.2, 0.25) is 18.5 Å². The van der Waals surface area contributed by atoms with Gasteiger partial charge >= 0.3 is 0 Å². The van der Waals surface area contributed by atoms with E-state index in [1.54, 1.807) is 35.1 Å². The van der Waals surface area contributed by atoms with Gasteiger partial charge in [0.15, 0.2) is 4.47 Å². The van der Waals surface area contributed by atoms with Gasteiger partial charge in [-0.25, -0.2) is 19.0 Å². The average Bonchev–Trinajstić information content (AvgIpc) is 3.38. The van der Waals surface area contributed by atoms with Crippen LogP contribution in [0.5, 0.6) is 5.75 Å². The van der Waals surface area contributed by atoms with Gasteiger partial charge in [-0.05, 0) is 31.2 Å². The number of nitrogens with zero attached hydrogens (tertiary/aromatic N) is 6. The number of ether oxygens (including phenoxy) is 1. The van der Waals surface area contributed by atoms with Crippen LogP contribution in [0.25, 0.3) is 23.1 Å². The van der Waals surface area contributed by atoms with E-state index in [1.807, 2.05) is 6.92 Å². The van der Waals surface area contributed by atoms with Gasteiger partial charge in [0.25, 0.3) is 5.89 Å². The first-order valence-corrected chi connectivity index (χ1v) is 8.97. The Morgan fingerprint density at radius 2 is 2.04 bits per heavy atom. The van der Waals surface area contributed by atoms with Crippen LogP contribution in [-0.2, 0) is 6.54 Å². The van der Waals surface area contributed by atoms with Crippen molar-refractivity contribution in [1.29, 1.82) is 0 Å². The van der Waals surface area contributed by atoms with Crippen molar-refractivity contribution < 1.29 is 13.7 Å².